The molecule has 1 unspecified atom stereocenters. The Labute approximate surface area is 132 Å². The molecule has 0 aliphatic heterocycles. The summed E-state index contributed by atoms with van der Waals surface area (Å²) in [6.45, 7) is 8.05. The van der Waals surface area contributed by atoms with E-state index in [1.165, 1.54) is 6.21 Å². The zero-order valence-corrected chi connectivity index (χ0v) is 13.3. The van der Waals surface area contributed by atoms with Gasteiger partial charge in [0.15, 0.2) is 0 Å². The van der Waals surface area contributed by atoms with E-state index in [1.807, 2.05) is 13.8 Å². The van der Waals surface area contributed by atoms with Gasteiger partial charge < -0.3 is 15.9 Å². The highest BCUT2D eigenvalue weighted by Crippen LogP contribution is 2.22. The molecule has 1 atom stereocenters. The van der Waals surface area contributed by atoms with E-state index in [0.29, 0.717) is 31.4 Å². The van der Waals surface area contributed by atoms with Crippen LogP contribution in [-0.4, -0.2) is 35.0 Å². The van der Waals surface area contributed by atoms with Crippen LogP contribution in [0.2, 0.25) is 0 Å². The SMILES string of the molecule is C=CCc1cccc(C=NC(CCCN)C(=O)O)c1O.CC. The quantitative estimate of drug-likeness (QED) is 0.508. The number of carbonyl (C=O) groups is 1. The highest BCUT2D eigenvalue weighted by atomic mass is 16.4. The van der Waals surface area contributed by atoms with E-state index in [2.05, 4.69) is 11.6 Å². The van der Waals surface area contributed by atoms with E-state index in [1.54, 1.807) is 24.3 Å². The molecule has 5 heteroatoms. The summed E-state index contributed by atoms with van der Waals surface area (Å²) in [6, 6.07) is 4.43. The number of nitrogens with zero attached hydrogens (tertiary/aromatic N) is 1. The lowest BCUT2D eigenvalue weighted by molar-refractivity contribution is -0.138. The fourth-order valence-corrected chi connectivity index (χ4v) is 1.78. The predicted octanol–water partition coefficient (Wildman–Crippen LogP) is 2.76. The van der Waals surface area contributed by atoms with Gasteiger partial charge in [-0.2, -0.15) is 0 Å². The number of nitrogens with two attached hydrogens (primary N) is 1. The molecule has 22 heavy (non-hydrogen) atoms. The minimum Gasteiger partial charge on any atom is -0.507 e. The van der Waals surface area contributed by atoms with Crippen LogP contribution in [0.1, 0.15) is 37.8 Å². The highest BCUT2D eigenvalue weighted by molar-refractivity contribution is 5.86. The van der Waals surface area contributed by atoms with Gasteiger partial charge in [0.2, 0.25) is 0 Å². The van der Waals surface area contributed by atoms with E-state index in [-0.39, 0.29) is 5.75 Å². The van der Waals surface area contributed by atoms with Crippen LogP contribution in [0.25, 0.3) is 0 Å². The Morgan fingerprint density at radius 2 is 2.14 bits per heavy atom. The molecule has 0 fully saturated rings. The smallest absolute Gasteiger partial charge is 0.328 e. The van der Waals surface area contributed by atoms with Gasteiger partial charge in [-0.15, -0.1) is 6.58 Å². The van der Waals surface area contributed by atoms with Crippen molar-refractivity contribution in [3.63, 3.8) is 0 Å². The lowest BCUT2D eigenvalue weighted by atomic mass is 10.1. The van der Waals surface area contributed by atoms with Crippen LogP contribution in [0.15, 0.2) is 35.8 Å². The van der Waals surface area contributed by atoms with Crippen molar-refractivity contribution in [1.29, 1.82) is 0 Å². The zero-order valence-electron chi connectivity index (χ0n) is 13.3. The van der Waals surface area contributed by atoms with Crippen molar-refractivity contribution in [2.75, 3.05) is 6.54 Å². The minimum absolute atomic E-state index is 0.110. The largest absolute Gasteiger partial charge is 0.507 e. The number of benzene rings is 1. The number of carboxylic acids is 1. The molecule has 0 aromatic heterocycles. The molecule has 5 nitrogen and oxygen atoms in total. The predicted molar refractivity (Wildman–Crippen MR) is 90.7 cm³/mol. The average molecular weight is 306 g/mol. The number of hydrogen-bond donors (Lipinski definition) is 3. The topological polar surface area (TPSA) is 95.9 Å². The molecule has 0 bridgehead atoms. The summed E-state index contributed by atoms with van der Waals surface area (Å²) in [5.74, 6) is -0.879. The second-order valence-electron chi connectivity index (χ2n) is 4.41. The average Bonchev–Trinajstić information content (AvgIpc) is 2.52. The number of aliphatic carboxylic acids is 1. The van der Waals surface area contributed by atoms with Crippen LogP contribution in [0.5, 0.6) is 5.75 Å². The Morgan fingerprint density at radius 1 is 1.45 bits per heavy atom. The Kier molecular flexibility index (Phi) is 10.4. The van der Waals surface area contributed by atoms with Crippen LogP contribution in [0.4, 0.5) is 0 Å². The molecule has 0 saturated heterocycles. The molecule has 4 N–H and O–H groups in total. The Hall–Kier alpha value is -2.14. The van der Waals surface area contributed by atoms with Gasteiger partial charge in [-0.25, -0.2) is 4.79 Å². The molecule has 0 radical (unpaired) electrons. The molecule has 0 spiro atoms. The first kappa shape index (κ1) is 19.9. The first-order valence-electron chi connectivity index (χ1n) is 7.48. The summed E-state index contributed by atoms with van der Waals surface area (Å²) in [6.07, 6.45) is 4.61. The third-order valence-corrected chi connectivity index (χ3v) is 2.88. The van der Waals surface area contributed by atoms with Gasteiger partial charge >= 0.3 is 5.97 Å². The summed E-state index contributed by atoms with van der Waals surface area (Å²) in [5, 5.41) is 19.1. The van der Waals surface area contributed by atoms with E-state index in [4.69, 9.17) is 10.8 Å². The Morgan fingerprint density at radius 3 is 2.68 bits per heavy atom. The highest BCUT2D eigenvalue weighted by Gasteiger charge is 2.14. The fourth-order valence-electron chi connectivity index (χ4n) is 1.78. The van der Waals surface area contributed by atoms with Crippen molar-refractivity contribution in [3.8, 4) is 5.75 Å². The zero-order chi connectivity index (χ0) is 17.0. The van der Waals surface area contributed by atoms with E-state index in [9.17, 15) is 9.90 Å². The van der Waals surface area contributed by atoms with Crippen LogP contribution in [-0.2, 0) is 11.2 Å². The number of allylic oxidation sites excluding steroid dienone is 1. The number of aromatic hydroxyl groups is 1. The lowest BCUT2D eigenvalue weighted by Crippen LogP contribution is -2.19. The molecule has 0 saturated carbocycles. The summed E-state index contributed by atoms with van der Waals surface area (Å²) >= 11 is 0. The van der Waals surface area contributed by atoms with Crippen molar-refractivity contribution < 1.29 is 15.0 Å². The molecule has 0 amide bonds. The van der Waals surface area contributed by atoms with Crippen LogP contribution >= 0.6 is 0 Å². The number of aliphatic imine (C=N–C) groups is 1. The van der Waals surface area contributed by atoms with Gasteiger partial charge in [0.25, 0.3) is 0 Å². The van der Waals surface area contributed by atoms with Crippen LogP contribution in [0, 0.1) is 0 Å². The van der Waals surface area contributed by atoms with Crippen molar-refractivity contribution in [2.24, 2.45) is 10.7 Å². The molecule has 1 aromatic carbocycles. The molecule has 0 aliphatic carbocycles. The maximum Gasteiger partial charge on any atom is 0.328 e. The number of phenolic OH excluding ortho intramolecular Hbond substituents is 1. The molecule has 1 rings (SSSR count). The summed E-state index contributed by atoms with van der Waals surface area (Å²) < 4.78 is 0. The van der Waals surface area contributed by atoms with Gasteiger partial charge in [-0.3, -0.25) is 4.99 Å². The second kappa shape index (κ2) is 11.5. The maximum atomic E-state index is 11.1. The number of carboxylic acid groups (broad SMARTS) is 1. The third-order valence-electron chi connectivity index (χ3n) is 2.88. The molecular weight excluding hydrogens is 280 g/mol. The van der Waals surface area contributed by atoms with Gasteiger partial charge in [-0.1, -0.05) is 32.1 Å². The summed E-state index contributed by atoms with van der Waals surface area (Å²) in [5.41, 5.74) is 6.60. The number of para-hydroxylation sites is 1. The molecule has 0 heterocycles. The standard InChI is InChI=1S/C15H20N2O3.C2H6/c1-2-5-11-6-3-7-12(14(11)18)10-17-13(15(19)20)8-4-9-16;1-2/h2-3,6-7,10,13,18H,1,4-5,8-9,16H2,(H,19,20);1-2H3. The van der Waals surface area contributed by atoms with Crippen molar-refractivity contribution in [1.82, 2.24) is 0 Å². The van der Waals surface area contributed by atoms with Crippen molar-refractivity contribution >= 4 is 12.2 Å². The molecule has 0 aliphatic rings. The van der Waals surface area contributed by atoms with Gasteiger partial charge in [0.05, 0.1) is 0 Å². The van der Waals surface area contributed by atoms with Gasteiger partial charge in [0, 0.05) is 11.8 Å². The first-order valence-corrected chi connectivity index (χ1v) is 7.48. The molecule has 1 aromatic rings. The minimum atomic E-state index is -0.989. The van der Waals surface area contributed by atoms with E-state index in [0.717, 1.165) is 5.56 Å². The Bertz CT molecular complexity index is 499. The maximum absolute atomic E-state index is 11.1. The third kappa shape index (κ3) is 6.54. The second-order valence-corrected chi connectivity index (χ2v) is 4.41. The van der Waals surface area contributed by atoms with Crippen LogP contribution in [0.3, 0.4) is 0 Å². The van der Waals surface area contributed by atoms with Crippen molar-refractivity contribution in [2.45, 2.75) is 39.2 Å². The normalized spacial score (nSPS) is 11.6. The van der Waals surface area contributed by atoms with Crippen LogP contribution < -0.4 is 5.73 Å². The summed E-state index contributed by atoms with van der Waals surface area (Å²) in [7, 11) is 0. The first-order chi connectivity index (χ1) is 10.6. The van der Waals surface area contributed by atoms with Gasteiger partial charge in [-0.05, 0) is 37.4 Å². The van der Waals surface area contributed by atoms with E-state index >= 15 is 0 Å². The van der Waals surface area contributed by atoms with Crippen molar-refractivity contribution in [3.05, 3.63) is 42.0 Å². The van der Waals surface area contributed by atoms with Gasteiger partial charge in [0.1, 0.15) is 11.8 Å². The lowest BCUT2D eigenvalue weighted by Gasteiger charge is -2.07. The number of hydrogen-bond acceptors (Lipinski definition) is 4. The molecular formula is C17H26N2O3. The number of phenols is 1. The summed E-state index contributed by atoms with van der Waals surface area (Å²) in [4.78, 5) is 15.1. The monoisotopic (exact) mass is 306 g/mol. The Balaban J connectivity index is 0.00000211. The van der Waals surface area contributed by atoms with E-state index < -0.39 is 12.0 Å². The fraction of sp³-hybridized carbons (Fsp3) is 0.412. The molecule has 122 valence electrons. The number of rotatable bonds is 8.